The average Bonchev–Trinajstić information content (AvgIpc) is 2.17. The molecule has 1 aromatic carbocycles. The van der Waals surface area contributed by atoms with Gasteiger partial charge in [-0.25, -0.2) is 0 Å². The molecule has 1 nitrogen and oxygen atoms in total. The predicted octanol–water partition coefficient (Wildman–Crippen LogP) is 4.76. The van der Waals surface area contributed by atoms with Crippen molar-refractivity contribution < 1.29 is 0 Å². The van der Waals surface area contributed by atoms with Gasteiger partial charge in [0.05, 0.1) is 0 Å². The molecule has 0 aliphatic carbocycles. The van der Waals surface area contributed by atoms with E-state index in [4.69, 9.17) is 5.73 Å². The zero-order chi connectivity index (χ0) is 11.3. The van der Waals surface area contributed by atoms with E-state index < -0.39 is 0 Å². The maximum atomic E-state index is 6.16. The van der Waals surface area contributed by atoms with Crippen LogP contribution in [0.15, 0.2) is 22.7 Å². The van der Waals surface area contributed by atoms with Gasteiger partial charge in [-0.3, -0.25) is 0 Å². The molecule has 0 aromatic heterocycles. The van der Waals surface area contributed by atoms with Gasteiger partial charge in [-0.2, -0.15) is 0 Å². The van der Waals surface area contributed by atoms with E-state index in [1.54, 1.807) is 0 Å². The van der Waals surface area contributed by atoms with Crippen molar-refractivity contribution >= 4 is 28.3 Å². The first-order valence-corrected chi connectivity index (χ1v) is 6.46. The number of halogens is 2. The molecule has 0 amide bonds. The number of benzene rings is 1. The lowest BCUT2D eigenvalue weighted by molar-refractivity contribution is 0.580. The van der Waals surface area contributed by atoms with Gasteiger partial charge in [0.15, 0.2) is 0 Å². The van der Waals surface area contributed by atoms with Gasteiger partial charge in [0.25, 0.3) is 0 Å². The zero-order valence-corrected chi connectivity index (χ0v) is 12.4. The van der Waals surface area contributed by atoms with E-state index in [1.165, 1.54) is 30.4 Å². The monoisotopic (exact) mass is 305 g/mol. The highest BCUT2D eigenvalue weighted by Gasteiger charge is 2.09. The van der Waals surface area contributed by atoms with Crippen LogP contribution in [0.1, 0.15) is 49.8 Å². The summed E-state index contributed by atoms with van der Waals surface area (Å²) in [6.45, 7) is 4.31. The van der Waals surface area contributed by atoms with E-state index in [9.17, 15) is 0 Å². The van der Waals surface area contributed by atoms with E-state index in [0.717, 1.165) is 10.9 Å². The van der Waals surface area contributed by atoms with Crippen LogP contribution in [0, 0.1) is 6.92 Å². The zero-order valence-electron chi connectivity index (χ0n) is 10.0. The van der Waals surface area contributed by atoms with Gasteiger partial charge < -0.3 is 5.73 Å². The van der Waals surface area contributed by atoms with Crippen LogP contribution in [-0.2, 0) is 0 Å². The van der Waals surface area contributed by atoms with E-state index in [1.807, 2.05) is 0 Å². The molecule has 3 heteroatoms. The fourth-order valence-corrected chi connectivity index (χ4v) is 2.49. The van der Waals surface area contributed by atoms with Gasteiger partial charge in [-0.15, -0.1) is 12.4 Å². The van der Waals surface area contributed by atoms with Crippen molar-refractivity contribution in [1.82, 2.24) is 0 Å². The van der Waals surface area contributed by atoms with Crippen LogP contribution in [0.5, 0.6) is 0 Å². The molecule has 16 heavy (non-hydrogen) atoms. The van der Waals surface area contributed by atoms with E-state index >= 15 is 0 Å². The van der Waals surface area contributed by atoms with Crippen molar-refractivity contribution in [1.29, 1.82) is 0 Å². The number of rotatable bonds is 5. The van der Waals surface area contributed by atoms with Crippen LogP contribution in [0.3, 0.4) is 0 Å². The topological polar surface area (TPSA) is 26.0 Å². The van der Waals surface area contributed by atoms with E-state index in [0.29, 0.717) is 0 Å². The van der Waals surface area contributed by atoms with Crippen molar-refractivity contribution in [3.05, 3.63) is 33.8 Å². The summed E-state index contributed by atoms with van der Waals surface area (Å²) >= 11 is 3.58. The fraction of sp³-hybridized carbons (Fsp3) is 0.538. The lowest BCUT2D eigenvalue weighted by atomic mass is 10.0. The second-order valence-corrected chi connectivity index (χ2v) is 4.98. The molecule has 1 atom stereocenters. The number of unbranched alkanes of at least 4 members (excludes halogenated alkanes) is 2. The van der Waals surface area contributed by atoms with Crippen LogP contribution in [0.25, 0.3) is 0 Å². The molecule has 0 radical (unpaired) electrons. The Balaban J connectivity index is 0.00000225. The molecule has 1 aromatic rings. The Morgan fingerprint density at radius 3 is 2.56 bits per heavy atom. The molecule has 1 rings (SSSR count). The van der Waals surface area contributed by atoms with E-state index in [2.05, 4.69) is 48.0 Å². The van der Waals surface area contributed by atoms with Gasteiger partial charge in [0.2, 0.25) is 0 Å². The molecule has 2 N–H and O–H groups in total. The molecular weight excluding hydrogens is 286 g/mol. The minimum absolute atomic E-state index is 0. The quantitative estimate of drug-likeness (QED) is 0.780. The van der Waals surface area contributed by atoms with Crippen LogP contribution < -0.4 is 5.73 Å². The summed E-state index contributed by atoms with van der Waals surface area (Å²) in [5.74, 6) is 0. The third-order valence-corrected chi connectivity index (χ3v) is 3.36. The summed E-state index contributed by atoms with van der Waals surface area (Å²) in [7, 11) is 0. The second-order valence-electron chi connectivity index (χ2n) is 4.13. The highest BCUT2D eigenvalue weighted by atomic mass is 79.9. The highest BCUT2D eigenvalue weighted by molar-refractivity contribution is 9.10. The minimum Gasteiger partial charge on any atom is -0.324 e. The summed E-state index contributed by atoms with van der Waals surface area (Å²) < 4.78 is 1.14. The van der Waals surface area contributed by atoms with Crippen molar-refractivity contribution in [3.63, 3.8) is 0 Å². The number of hydrogen-bond donors (Lipinski definition) is 1. The van der Waals surface area contributed by atoms with Gasteiger partial charge in [-0.05, 0) is 30.5 Å². The summed E-state index contributed by atoms with van der Waals surface area (Å²) in [5, 5.41) is 0. The van der Waals surface area contributed by atoms with Crippen molar-refractivity contribution in [2.45, 2.75) is 45.6 Å². The van der Waals surface area contributed by atoms with Gasteiger partial charge in [0, 0.05) is 10.5 Å². The fourth-order valence-electron chi connectivity index (χ4n) is 1.70. The largest absolute Gasteiger partial charge is 0.324 e. The Hall–Kier alpha value is -0.0500. The molecule has 0 spiro atoms. The molecular formula is C13H21BrClN. The Morgan fingerprint density at radius 2 is 2.00 bits per heavy atom. The minimum atomic E-state index is 0. The molecule has 0 fully saturated rings. The Bertz CT molecular complexity index is 315. The predicted molar refractivity (Wildman–Crippen MR) is 77.2 cm³/mol. The molecule has 0 unspecified atom stereocenters. The maximum Gasteiger partial charge on any atom is 0.0306 e. The van der Waals surface area contributed by atoms with Gasteiger partial charge in [0.1, 0.15) is 0 Å². The average molecular weight is 307 g/mol. The standard InChI is InChI=1S/C13H20BrN.ClH/c1-3-4-5-6-13(15)11-8-7-10(2)9-12(11)14;/h7-9,13H,3-6,15H2,1-2H3;1H/t13-;/m0./s1. The number of hydrogen-bond acceptors (Lipinski definition) is 1. The summed E-state index contributed by atoms with van der Waals surface area (Å²) in [4.78, 5) is 0. The third kappa shape index (κ3) is 4.86. The van der Waals surface area contributed by atoms with Crippen molar-refractivity contribution in [3.8, 4) is 0 Å². The Morgan fingerprint density at radius 1 is 1.31 bits per heavy atom. The first-order chi connectivity index (χ1) is 7.15. The van der Waals surface area contributed by atoms with Gasteiger partial charge >= 0.3 is 0 Å². The second kappa shape index (κ2) is 8.10. The summed E-state index contributed by atoms with van der Waals surface area (Å²) in [6, 6.07) is 6.57. The molecule has 92 valence electrons. The number of nitrogens with two attached hydrogens (primary N) is 1. The summed E-state index contributed by atoms with van der Waals surface area (Å²) in [5.41, 5.74) is 8.66. The van der Waals surface area contributed by atoms with Crippen molar-refractivity contribution in [2.24, 2.45) is 5.73 Å². The molecule has 0 saturated heterocycles. The molecule has 0 heterocycles. The summed E-state index contributed by atoms with van der Waals surface area (Å²) in [6.07, 6.45) is 4.83. The molecule has 0 saturated carbocycles. The van der Waals surface area contributed by atoms with Gasteiger partial charge in [-0.1, -0.05) is 54.2 Å². The third-order valence-electron chi connectivity index (χ3n) is 2.67. The smallest absolute Gasteiger partial charge is 0.0306 e. The van der Waals surface area contributed by atoms with Crippen molar-refractivity contribution in [2.75, 3.05) is 0 Å². The Labute approximate surface area is 113 Å². The van der Waals surface area contributed by atoms with Crippen LogP contribution >= 0.6 is 28.3 Å². The lowest BCUT2D eigenvalue weighted by Gasteiger charge is -2.14. The Kier molecular flexibility index (Phi) is 8.08. The van der Waals surface area contributed by atoms with Crippen LogP contribution in [-0.4, -0.2) is 0 Å². The normalized spacial score (nSPS) is 12.0. The first kappa shape index (κ1) is 16.0. The lowest BCUT2D eigenvalue weighted by Crippen LogP contribution is -2.10. The van der Waals surface area contributed by atoms with Crippen LogP contribution in [0.4, 0.5) is 0 Å². The van der Waals surface area contributed by atoms with Crippen LogP contribution in [0.2, 0.25) is 0 Å². The first-order valence-electron chi connectivity index (χ1n) is 5.66. The molecule has 0 aliphatic rings. The SMILES string of the molecule is CCCCC[C@H](N)c1ccc(C)cc1Br.Cl. The highest BCUT2D eigenvalue weighted by Crippen LogP contribution is 2.26. The molecule has 0 bridgehead atoms. The molecule has 0 aliphatic heterocycles. The number of aryl methyl sites for hydroxylation is 1. The van der Waals surface area contributed by atoms with E-state index in [-0.39, 0.29) is 18.4 Å². The maximum absolute atomic E-state index is 6.16.